The van der Waals surface area contributed by atoms with Crippen molar-refractivity contribution in [2.24, 2.45) is 0 Å². The molecular weight excluding hydrogens is 176 g/mol. The summed E-state index contributed by atoms with van der Waals surface area (Å²) in [7, 11) is 0. The predicted octanol–water partition coefficient (Wildman–Crippen LogP) is 1.99. The molecule has 0 aliphatic rings. The SMILES string of the molecule is Cc1cn(-c2cccc(C=O)c2)cn1. The zero-order valence-electron chi connectivity index (χ0n) is 7.84. The Morgan fingerprint density at radius 1 is 1.43 bits per heavy atom. The summed E-state index contributed by atoms with van der Waals surface area (Å²) in [5.74, 6) is 0. The molecule has 0 amide bonds. The molecule has 0 aliphatic heterocycles. The standard InChI is InChI=1S/C11H10N2O/c1-9-6-13(8-12-9)11-4-2-3-10(5-11)7-14/h2-8H,1H3. The molecule has 1 heterocycles. The number of hydrogen-bond donors (Lipinski definition) is 0. The van der Waals surface area contributed by atoms with Gasteiger partial charge in [0.15, 0.2) is 0 Å². The number of imidazole rings is 1. The van der Waals surface area contributed by atoms with Gasteiger partial charge in [-0.05, 0) is 19.1 Å². The minimum atomic E-state index is 0.675. The van der Waals surface area contributed by atoms with E-state index in [2.05, 4.69) is 4.98 Å². The van der Waals surface area contributed by atoms with Crippen molar-refractivity contribution in [3.05, 3.63) is 48.0 Å². The number of carbonyl (C=O) groups is 1. The second kappa shape index (κ2) is 3.46. The van der Waals surface area contributed by atoms with Gasteiger partial charge in [0.05, 0.1) is 12.0 Å². The molecule has 1 aromatic carbocycles. The second-order valence-corrected chi connectivity index (χ2v) is 3.14. The van der Waals surface area contributed by atoms with Crippen LogP contribution in [0.5, 0.6) is 0 Å². The van der Waals surface area contributed by atoms with Gasteiger partial charge in [0.2, 0.25) is 0 Å². The van der Waals surface area contributed by atoms with E-state index in [9.17, 15) is 4.79 Å². The summed E-state index contributed by atoms with van der Waals surface area (Å²) in [6, 6.07) is 7.40. The molecule has 2 rings (SSSR count). The summed E-state index contributed by atoms with van der Waals surface area (Å²) < 4.78 is 1.89. The maximum atomic E-state index is 10.6. The number of nitrogens with zero attached hydrogens (tertiary/aromatic N) is 2. The van der Waals surface area contributed by atoms with E-state index in [1.807, 2.05) is 35.9 Å². The van der Waals surface area contributed by atoms with Gasteiger partial charge in [0, 0.05) is 17.4 Å². The quantitative estimate of drug-likeness (QED) is 0.672. The minimum Gasteiger partial charge on any atom is -0.306 e. The third-order valence-corrected chi connectivity index (χ3v) is 2.02. The van der Waals surface area contributed by atoms with Crippen molar-refractivity contribution in [3.63, 3.8) is 0 Å². The van der Waals surface area contributed by atoms with Crippen LogP contribution >= 0.6 is 0 Å². The highest BCUT2D eigenvalue weighted by Gasteiger charge is 1.98. The molecule has 0 aliphatic carbocycles. The molecule has 0 atom stereocenters. The highest BCUT2D eigenvalue weighted by molar-refractivity contribution is 5.75. The van der Waals surface area contributed by atoms with Crippen LogP contribution in [0.4, 0.5) is 0 Å². The first-order chi connectivity index (χ1) is 6.79. The maximum Gasteiger partial charge on any atom is 0.150 e. The third-order valence-electron chi connectivity index (χ3n) is 2.02. The van der Waals surface area contributed by atoms with E-state index in [0.717, 1.165) is 17.7 Å². The molecule has 0 fully saturated rings. The number of rotatable bonds is 2. The third kappa shape index (κ3) is 1.57. The van der Waals surface area contributed by atoms with Gasteiger partial charge in [-0.25, -0.2) is 4.98 Å². The largest absolute Gasteiger partial charge is 0.306 e. The number of benzene rings is 1. The van der Waals surface area contributed by atoms with Crippen molar-refractivity contribution in [2.75, 3.05) is 0 Å². The molecule has 0 saturated heterocycles. The van der Waals surface area contributed by atoms with E-state index in [0.29, 0.717) is 5.56 Å². The van der Waals surface area contributed by atoms with E-state index in [-0.39, 0.29) is 0 Å². The van der Waals surface area contributed by atoms with Crippen molar-refractivity contribution in [3.8, 4) is 5.69 Å². The molecular formula is C11H10N2O. The van der Waals surface area contributed by atoms with Crippen LogP contribution in [-0.2, 0) is 0 Å². The molecule has 0 unspecified atom stereocenters. The van der Waals surface area contributed by atoms with Gasteiger partial charge in [-0.2, -0.15) is 0 Å². The minimum absolute atomic E-state index is 0.675. The number of aryl methyl sites for hydroxylation is 1. The molecule has 3 nitrogen and oxygen atoms in total. The number of carbonyl (C=O) groups excluding carboxylic acids is 1. The van der Waals surface area contributed by atoms with E-state index in [1.165, 1.54) is 0 Å². The molecule has 70 valence electrons. The first-order valence-electron chi connectivity index (χ1n) is 4.36. The van der Waals surface area contributed by atoms with Crippen molar-refractivity contribution < 1.29 is 4.79 Å². The lowest BCUT2D eigenvalue weighted by Crippen LogP contribution is -1.91. The van der Waals surface area contributed by atoms with E-state index < -0.39 is 0 Å². The second-order valence-electron chi connectivity index (χ2n) is 3.14. The summed E-state index contributed by atoms with van der Waals surface area (Å²) in [6.07, 6.45) is 4.50. The Balaban J connectivity index is 2.46. The van der Waals surface area contributed by atoms with E-state index in [4.69, 9.17) is 0 Å². The van der Waals surface area contributed by atoms with Crippen LogP contribution in [-0.4, -0.2) is 15.8 Å². The van der Waals surface area contributed by atoms with Gasteiger partial charge >= 0.3 is 0 Å². The molecule has 1 aromatic heterocycles. The Morgan fingerprint density at radius 3 is 2.93 bits per heavy atom. The smallest absolute Gasteiger partial charge is 0.150 e. The summed E-state index contributed by atoms with van der Waals surface area (Å²) in [5, 5.41) is 0. The van der Waals surface area contributed by atoms with Crippen LogP contribution in [0.25, 0.3) is 5.69 Å². The van der Waals surface area contributed by atoms with Crippen LogP contribution in [0.1, 0.15) is 16.1 Å². The summed E-state index contributed by atoms with van der Waals surface area (Å²) in [6.45, 7) is 1.93. The molecule has 0 saturated carbocycles. The lowest BCUT2D eigenvalue weighted by atomic mass is 10.2. The van der Waals surface area contributed by atoms with Gasteiger partial charge in [-0.1, -0.05) is 12.1 Å². The van der Waals surface area contributed by atoms with Crippen molar-refractivity contribution >= 4 is 6.29 Å². The van der Waals surface area contributed by atoms with E-state index >= 15 is 0 Å². The van der Waals surface area contributed by atoms with Crippen molar-refractivity contribution in [2.45, 2.75) is 6.92 Å². The number of aldehydes is 1. The van der Waals surface area contributed by atoms with Crippen molar-refractivity contribution in [1.29, 1.82) is 0 Å². The zero-order chi connectivity index (χ0) is 9.97. The Kier molecular flexibility index (Phi) is 2.14. The summed E-state index contributed by atoms with van der Waals surface area (Å²) in [4.78, 5) is 14.7. The summed E-state index contributed by atoms with van der Waals surface area (Å²) >= 11 is 0. The van der Waals surface area contributed by atoms with Crippen LogP contribution in [0, 0.1) is 6.92 Å². The molecule has 0 spiro atoms. The molecule has 2 aromatic rings. The molecule has 14 heavy (non-hydrogen) atoms. The maximum absolute atomic E-state index is 10.6. The first kappa shape index (κ1) is 8.69. The van der Waals surface area contributed by atoms with Crippen LogP contribution < -0.4 is 0 Å². The zero-order valence-corrected chi connectivity index (χ0v) is 7.84. The molecule has 0 radical (unpaired) electrons. The van der Waals surface area contributed by atoms with Crippen LogP contribution in [0.15, 0.2) is 36.8 Å². The Labute approximate surface area is 82.0 Å². The monoisotopic (exact) mass is 186 g/mol. The molecule has 0 bridgehead atoms. The average Bonchev–Trinajstić information content (AvgIpc) is 2.65. The predicted molar refractivity (Wildman–Crippen MR) is 53.7 cm³/mol. The van der Waals surface area contributed by atoms with Gasteiger partial charge in [0.1, 0.15) is 6.29 Å². The lowest BCUT2D eigenvalue weighted by molar-refractivity contribution is 0.112. The topological polar surface area (TPSA) is 34.9 Å². The first-order valence-corrected chi connectivity index (χ1v) is 4.36. The Bertz CT molecular complexity index is 460. The van der Waals surface area contributed by atoms with Crippen molar-refractivity contribution in [1.82, 2.24) is 9.55 Å². The highest BCUT2D eigenvalue weighted by Crippen LogP contribution is 2.09. The highest BCUT2D eigenvalue weighted by atomic mass is 16.1. The van der Waals surface area contributed by atoms with Gasteiger partial charge < -0.3 is 4.57 Å². The van der Waals surface area contributed by atoms with Gasteiger partial charge in [-0.15, -0.1) is 0 Å². The van der Waals surface area contributed by atoms with Gasteiger partial charge in [-0.3, -0.25) is 4.79 Å². The Morgan fingerprint density at radius 2 is 2.29 bits per heavy atom. The summed E-state index contributed by atoms with van der Waals surface area (Å²) in [5.41, 5.74) is 2.59. The number of hydrogen-bond acceptors (Lipinski definition) is 2. The molecule has 0 N–H and O–H groups in total. The average molecular weight is 186 g/mol. The Hall–Kier alpha value is -1.90. The fourth-order valence-corrected chi connectivity index (χ4v) is 1.32. The van der Waals surface area contributed by atoms with E-state index in [1.54, 1.807) is 12.4 Å². The fraction of sp³-hybridized carbons (Fsp3) is 0.0909. The fourth-order valence-electron chi connectivity index (χ4n) is 1.32. The molecule has 3 heteroatoms. The van der Waals surface area contributed by atoms with Gasteiger partial charge in [0.25, 0.3) is 0 Å². The lowest BCUT2D eigenvalue weighted by Gasteiger charge is -2.01. The normalized spacial score (nSPS) is 10.1. The van der Waals surface area contributed by atoms with Crippen LogP contribution in [0.2, 0.25) is 0 Å². The van der Waals surface area contributed by atoms with Crippen LogP contribution in [0.3, 0.4) is 0 Å². The number of aromatic nitrogens is 2.